The lowest BCUT2D eigenvalue weighted by Crippen LogP contribution is -2.38. The second-order valence-corrected chi connectivity index (χ2v) is 7.24. The molecule has 0 N–H and O–H groups in total. The van der Waals surface area contributed by atoms with Crippen LogP contribution in [0.3, 0.4) is 0 Å². The van der Waals surface area contributed by atoms with E-state index in [1.54, 1.807) is 7.11 Å². The average molecular weight is 383 g/mol. The normalized spacial score (nSPS) is 14.0. The van der Waals surface area contributed by atoms with Crippen LogP contribution in [0.2, 0.25) is 0 Å². The number of aryl methyl sites for hydroxylation is 1. The van der Waals surface area contributed by atoms with Gasteiger partial charge >= 0.3 is 5.97 Å². The van der Waals surface area contributed by atoms with E-state index in [2.05, 4.69) is 27.7 Å². The number of ether oxygens (including phenoxy) is 3. The number of benzene rings is 1. The van der Waals surface area contributed by atoms with Crippen LogP contribution in [0, 0.1) is 6.92 Å². The third kappa shape index (κ3) is 5.67. The van der Waals surface area contributed by atoms with Gasteiger partial charge in [-0.25, -0.2) is 4.89 Å². The van der Waals surface area contributed by atoms with Crippen molar-refractivity contribution in [1.29, 1.82) is 0 Å². The molecule has 0 saturated carbocycles. The van der Waals surface area contributed by atoms with Crippen LogP contribution < -0.4 is 4.74 Å². The van der Waals surface area contributed by atoms with Gasteiger partial charge in [0.15, 0.2) is 0 Å². The van der Waals surface area contributed by atoms with Gasteiger partial charge in [0.1, 0.15) is 5.75 Å². The zero-order valence-corrected chi connectivity index (χ0v) is 18.6. The number of hydrogen-bond acceptors (Lipinski definition) is 5. The monoisotopic (exact) mass is 382 g/mol. The van der Waals surface area contributed by atoms with Crippen LogP contribution in [0.1, 0.15) is 83.1 Å². The largest absolute Gasteiger partial charge is 0.496 e. The summed E-state index contributed by atoms with van der Waals surface area (Å²) < 4.78 is 18.0. The Morgan fingerprint density at radius 3 is 2.15 bits per heavy atom. The molecule has 0 fully saturated rings. The van der Waals surface area contributed by atoms with Gasteiger partial charge in [-0.2, -0.15) is 4.89 Å². The third-order valence-corrected chi connectivity index (χ3v) is 4.30. The molecule has 0 amide bonds. The van der Waals surface area contributed by atoms with Gasteiger partial charge in [-0.05, 0) is 63.6 Å². The molecule has 27 heavy (non-hydrogen) atoms. The maximum Gasteiger partial charge on any atom is 0.343 e. The summed E-state index contributed by atoms with van der Waals surface area (Å²) in [5, 5.41) is 0. The fourth-order valence-electron chi connectivity index (χ4n) is 3.27. The Kier molecular flexibility index (Phi) is 9.74. The van der Waals surface area contributed by atoms with E-state index < -0.39 is 5.97 Å². The maximum atomic E-state index is 6.11. The van der Waals surface area contributed by atoms with Gasteiger partial charge in [0, 0.05) is 5.56 Å². The predicted molar refractivity (Wildman–Crippen MR) is 108 cm³/mol. The van der Waals surface area contributed by atoms with Crippen LogP contribution in [-0.4, -0.2) is 26.4 Å². The van der Waals surface area contributed by atoms with Crippen molar-refractivity contribution in [2.75, 3.05) is 20.3 Å². The average Bonchev–Trinajstić information content (AvgIpc) is 2.62. The molecule has 0 aliphatic rings. The van der Waals surface area contributed by atoms with Crippen LogP contribution in [0.15, 0.2) is 6.07 Å². The van der Waals surface area contributed by atoms with Gasteiger partial charge in [0.25, 0.3) is 0 Å². The maximum absolute atomic E-state index is 6.11. The van der Waals surface area contributed by atoms with Gasteiger partial charge in [-0.3, -0.25) is 0 Å². The van der Waals surface area contributed by atoms with E-state index in [1.165, 1.54) is 5.56 Å². The molecule has 1 rings (SSSR count). The van der Waals surface area contributed by atoms with Gasteiger partial charge in [0.2, 0.25) is 0 Å². The first kappa shape index (κ1) is 23.9. The first-order valence-electron chi connectivity index (χ1n) is 10.1. The quantitative estimate of drug-likeness (QED) is 0.267. The molecule has 1 unspecified atom stereocenters. The lowest BCUT2D eigenvalue weighted by atomic mass is 9.88. The van der Waals surface area contributed by atoms with Crippen LogP contribution in [0.4, 0.5) is 0 Å². The van der Waals surface area contributed by atoms with Crippen molar-refractivity contribution in [3.8, 4) is 5.75 Å². The van der Waals surface area contributed by atoms with E-state index in [4.69, 9.17) is 24.0 Å². The minimum absolute atomic E-state index is 0.137. The Balaban J connectivity index is 3.72. The van der Waals surface area contributed by atoms with Crippen LogP contribution >= 0.6 is 0 Å². The van der Waals surface area contributed by atoms with Crippen LogP contribution in [0.25, 0.3) is 0 Å². The number of hydrogen-bond donors (Lipinski definition) is 0. The highest BCUT2D eigenvalue weighted by Crippen LogP contribution is 2.43. The molecular formula is C22H38O5. The molecule has 5 heteroatoms. The molecular weight excluding hydrogens is 344 g/mol. The van der Waals surface area contributed by atoms with Crippen molar-refractivity contribution < 1.29 is 24.0 Å². The summed E-state index contributed by atoms with van der Waals surface area (Å²) in [7, 11) is 1.68. The first-order chi connectivity index (χ1) is 12.8. The van der Waals surface area contributed by atoms with Gasteiger partial charge in [-0.1, -0.05) is 27.7 Å². The summed E-state index contributed by atoms with van der Waals surface area (Å²) in [6.07, 6.45) is 1.61. The van der Waals surface area contributed by atoms with E-state index in [0.717, 1.165) is 29.7 Å². The number of rotatable bonds is 12. The lowest BCUT2D eigenvalue weighted by molar-refractivity contribution is -0.526. The molecule has 0 aliphatic heterocycles. The molecule has 0 heterocycles. The molecule has 1 aromatic carbocycles. The van der Waals surface area contributed by atoms with Crippen LogP contribution in [0.5, 0.6) is 5.75 Å². The highest BCUT2D eigenvalue weighted by Gasteiger charge is 2.42. The minimum Gasteiger partial charge on any atom is -0.496 e. The Hall–Kier alpha value is -1.14. The summed E-state index contributed by atoms with van der Waals surface area (Å²) in [5.41, 5.74) is 4.32. The highest BCUT2D eigenvalue weighted by atomic mass is 17.3. The topological polar surface area (TPSA) is 46.2 Å². The molecule has 156 valence electrons. The van der Waals surface area contributed by atoms with Crippen molar-refractivity contribution in [1.82, 2.24) is 0 Å². The van der Waals surface area contributed by atoms with Crippen molar-refractivity contribution in [2.45, 2.75) is 86.2 Å². The second kappa shape index (κ2) is 11.0. The Labute approximate surface area is 165 Å². The van der Waals surface area contributed by atoms with E-state index in [9.17, 15) is 0 Å². The molecule has 1 aromatic rings. The zero-order valence-electron chi connectivity index (χ0n) is 18.6. The summed E-state index contributed by atoms with van der Waals surface area (Å²) in [4.78, 5) is 11.3. The molecule has 0 bridgehead atoms. The molecule has 5 nitrogen and oxygen atoms in total. The van der Waals surface area contributed by atoms with Crippen molar-refractivity contribution in [2.24, 2.45) is 0 Å². The summed E-state index contributed by atoms with van der Waals surface area (Å²) in [6, 6.07) is 2.04. The molecule has 0 spiro atoms. The molecule has 0 saturated heterocycles. The summed E-state index contributed by atoms with van der Waals surface area (Å²) >= 11 is 0. The van der Waals surface area contributed by atoms with Crippen molar-refractivity contribution in [3.05, 3.63) is 28.3 Å². The standard InChI is InChI=1S/C22H38O5/c1-10-13-25-22(24-12-3,27-26-16(6)7)19-14-17(8)18(11-2)20(15(4)5)21(19)23-9/h14-16H,10-13H2,1-9H3. The SMILES string of the molecule is CCCOC(OCC)(OOC(C)C)c1cc(C)c(CC)c(C(C)C)c1OC. The zero-order chi connectivity index (χ0) is 20.6. The molecule has 1 atom stereocenters. The third-order valence-electron chi connectivity index (χ3n) is 4.30. The van der Waals surface area contributed by atoms with Crippen molar-refractivity contribution in [3.63, 3.8) is 0 Å². The Morgan fingerprint density at radius 2 is 1.70 bits per heavy atom. The van der Waals surface area contributed by atoms with E-state index in [0.29, 0.717) is 18.8 Å². The number of methoxy groups -OCH3 is 1. The lowest BCUT2D eigenvalue weighted by Gasteiger charge is -2.35. The summed E-state index contributed by atoms with van der Waals surface area (Å²) in [5.74, 6) is -0.449. The van der Waals surface area contributed by atoms with Crippen LogP contribution in [-0.2, 0) is 31.6 Å². The molecule has 0 radical (unpaired) electrons. The molecule has 0 aliphatic carbocycles. The van der Waals surface area contributed by atoms with Gasteiger partial charge in [0.05, 0.1) is 32.0 Å². The fourth-order valence-corrected chi connectivity index (χ4v) is 3.27. The minimum atomic E-state index is -1.47. The smallest absolute Gasteiger partial charge is 0.343 e. The second-order valence-electron chi connectivity index (χ2n) is 7.24. The van der Waals surface area contributed by atoms with E-state index in [-0.39, 0.29) is 12.0 Å². The summed E-state index contributed by atoms with van der Waals surface area (Å²) in [6.45, 7) is 17.2. The van der Waals surface area contributed by atoms with Crippen molar-refractivity contribution >= 4 is 0 Å². The molecule has 0 aromatic heterocycles. The van der Waals surface area contributed by atoms with Gasteiger partial charge < -0.3 is 14.2 Å². The fraction of sp³-hybridized carbons (Fsp3) is 0.727. The van der Waals surface area contributed by atoms with E-state index in [1.807, 2.05) is 33.8 Å². The highest BCUT2D eigenvalue weighted by molar-refractivity contribution is 5.53. The predicted octanol–water partition coefficient (Wildman–Crippen LogP) is 5.62. The van der Waals surface area contributed by atoms with Gasteiger partial charge in [-0.15, -0.1) is 0 Å². The van der Waals surface area contributed by atoms with E-state index >= 15 is 0 Å². The Morgan fingerprint density at radius 1 is 1.04 bits per heavy atom. The first-order valence-corrected chi connectivity index (χ1v) is 10.1. The Bertz CT molecular complexity index is 583.